The second kappa shape index (κ2) is 8.22. The van der Waals surface area contributed by atoms with Crippen molar-refractivity contribution in [2.75, 3.05) is 26.8 Å². The highest BCUT2D eigenvalue weighted by Gasteiger charge is 2.21. The molecule has 0 saturated carbocycles. The SMILES string of the molecule is COC(=O)COc1cc(Sc2ccccc2)ccc1[C@@H]1CCNC1. The molecule has 0 amide bonds. The van der Waals surface area contributed by atoms with Crippen LogP contribution in [-0.4, -0.2) is 32.8 Å². The van der Waals surface area contributed by atoms with Gasteiger partial charge >= 0.3 is 5.97 Å². The van der Waals surface area contributed by atoms with E-state index in [2.05, 4.69) is 34.3 Å². The highest BCUT2D eigenvalue weighted by Crippen LogP contribution is 2.36. The zero-order valence-electron chi connectivity index (χ0n) is 13.7. The molecule has 1 atom stereocenters. The lowest BCUT2D eigenvalue weighted by Crippen LogP contribution is -2.14. The van der Waals surface area contributed by atoms with Crippen LogP contribution in [0.4, 0.5) is 0 Å². The van der Waals surface area contributed by atoms with Gasteiger partial charge in [0.2, 0.25) is 0 Å². The predicted octanol–water partition coefficient (Wildman–Crippen LogP) is 3.47. The number of methoxy groups -OCH3 is 1. The summed E-state index contributed by atoms with van der Waals surface area (Å²) in [6.45, 7) is 1.89. The van der Waals surface area contributed by atoms with Crippen molar-refractivity contribution in [3.05, 3.63) is 54.1 Å². The van der Waals surface area contributed by atoms with Gasteiger partial charge in [-0.15, -0.1) is 0 Å². The van der Waals surface area contributed by atoms with Crippen molar-refractivity contribution >= 4 is 17.7 Å². The molecule has 1 heterocycles. The minimum absolute atomic E-state index is 0.0664. The molecule has 1 fully saturated rings. The molecule has 2 aromatic carbocycles. The summed E-state index contributed by atoms with van der Waals surface area (Å²) < 4.78 is 10.4. The lowest BCUT2D eigenvalue weighted by molar-refractivity contribution is -0.142. The summed E-state index contributed by atoms with van der Waals surface area (Å²) in [6.07, 6.45) is 1.08. The molecule has 3 rings (SSSR count). The lowest BCUT2D eigenvalue weighted by atomic mass is 9.97. The second-order valence-electron chi connectivity index (χ2n) is 5.67. The van der Waals surface area contributed by atoms with E-state index in [0.717, 1.165) is 35.7 Å². The first-order valence-corrected chi connectivity index (χ1v) is 8.85. The first-order chi connectivity index (χ1) is 11.8. The van der Waals surface area contributed by atoms with Gasteiger partial charge in [-0.25, -0.2) is 4.79 Å². The van der Waals surface area contributed by atoms with Crippen LogP contribution in [0.1, 0.15) is 17.9 Å². The third-order valence-corrected chi connectivity index (χ3v) is 5.03. The van der Waals surface area contributed by atoms with Crippen molar-refractivity contribution in [1.29, 1.82) is 0 Å². The number of esters is 1. The van der Waals surface area contributed by atoms with Crippen molar-refractivity contribution in [2.24, 2.45) is 0 Å². The first-order valence-electron chi connectivity index (χ1n) is 8.03. The van der Waals surface area contributed by atoms with Crippen LogP contribution in [0.2, 0.25) is 0 Å². The van der Waals surface area contributed by atoms with E-state index < -0.39 is 0 Å². The Morgan fingerprint density at radius 1 is 1.21 bits per heavy atom. The van der Waals surface area contributed by atoms with Gasteiger partial charge in [0.05, 0.1) is 7.11 Å². The number of hydrogen-bond donors (Lipinski definition) is 1. The van der Waals surface area contributed by atoms with Crippen LogP contribution in [-0.2, 0) is 9.53 Å². The highest BCUT2D eigenvalue weighted by molar-refractivity contribution is 7.99. The van der Waals surface area contributed by atoms with Crippen molar-refractivity contribution in [2.45, 2.75) is 22.1 Å². The number of carbonyl (C=O) groups is 1. The molecular formula is C19H21NO3S. The molecule has 0 aromatic heterocycles. The number of hydrogen-bond acceptors (Lipinski definition) is 5. The van der Waals surface area contributed by atoms with Gasteiger partial charge in [-0.2, -0.15) is 0 Å². The number of carbonyl (C=O) groups excluding carboxylic acids is 1. The standard InChI is InChI=1S/C19H21NO3S/c1-22-19(21)13-23-18-11-16(24-15-5-3-2-4-6-15)7-8-17(18)14-9-10-20-12-14/h2-8,11,14,20H,9-10,12-13H2,1H3/t14-/m1/s1. The van der Waals surface area contributed by atoms with Gasteiger partial charge in [-0.3, -0.25) is 0 Å². The number of ether oxygens (including phenoxy) is 2. The van der Waals surface area contributed by atoms with Gasteiger partial charge in [-0.05, 0) is 42.8 Å². The highest BCUT2D eigenvalue weighted by atomic mass is 32.2. The van der Waals surface area contributed by atoms with E-state index in [4.69, 9.17) is 4.74 Å². The maximum atomic E-state index is 11.4. The van der Waals surface area contributed by atoms with Gasteiger partial charge in [0.1, 0.15) is 5.75 Å². The van der Waals surface area contributed by atoms with E-state index in [1.807, 2.05) is 24.3 Å². The van der Waals surface area contributed by atoms with E-state index in [-0.39, 0.29) is 12.6 Å². The van der Waals surface area contributed by atoms with E-state index in [0.29, 0.717) is 5.92 Å². The maximum absolute atomic E-state index is 11.4. The summed E-state index contributed by atoms with van der Waals surface area (Å²) in [4.78, 5) is 13.7. The van der Waals surface area contributed by atoms with Crippen molar-refractivity contribution in [3.63, 3.8) is 0 Å². The second-order valence-corrected chi connectivity index (χ2v) is 6.82. The van der Waals surface area contributed by atoms with Gasteiger partial charge in [0, 0.05) is 22.3 Å². The monoisotopic (exact) mass is 343 g/mol. The third-order valence-electron chi connectivity index (χ3n) is 4.04. The quantitative estimate of drug-likeness (QED) is 0.814. The average Bonchev–Trinajstić information content (AvgIpc) is 3.15. The summed E-state index contributed by atoms with van der Waals surface area (Å²) in [5, 5.41) is 3.38. The Hall–Kier alpha value is -1.98. The molecule has 0 spiro atoms. The molecule has 126 valence electrons. The van der Waals surface area contributed by atoms with Gasteiger partial charge in [0.25, 0.3) is 0 Å². The molecule has 5 heteroatoms. The zero-order chi connectivity index (χ0) is 16.8. The molecule has 0 bridgehead atoms. The Balaban J connectivity index is 1.82. The minimum atomic E-state index is -0.369. The Morgan fingerprint density at radius 3 is 2.75 bits per heavy atom. The maximum Gasteiger partial charge on any atom is 0.343 e. The lowest BCUT2D eigenvalue weighted by Gasteiger charge is -2.16. The van der Waals surface area contributed by atoms with E-state index in [1.165, 1.54) is 12.0 Å². The Bertz CT molecular complexity index is 684. The normalized spacial score (nSPS) is 16.8. The van der Waals surface area contributed by atoms with Gasteiger partial charge in [-0.1, -0.05) is 36.0 Å². The van der Waals surface area contributed by atoms with Crippen LogP contribution in [0.3, 0.4) is 0 Å². The fourth-order valence-electron chi connectivity index (χ4n) is 2.78. The van der Waals surface area contributed by atoms with E-state index in [9.17, 15) is 4.79 Å². The summed E-state index contributed by atoms with van der Waals surface area (Å²) >= 11 is 1.68. The number of nitrogens with one attached hydrogen (secondary N) is 1. The van der Waals surface area contributed by atoms with E-state index >= 15 is 0 Å². The summed E-state index contributed by atoms with van der Waals surface area (Å²) in [7, 11) is 1.37. The van der Waals surface area contributed by atoms with E-state index in [1.54, 1.807) is 11.8 Å². The van der Waals surface area contributed by atoms with Crippen LogP contribution >= 0.6 is 11.8 Å². The summed E-state index contributed by atoms with van der Waals surface area (Å²) in [5.74, 6) is 0.829. The molecule has 4 nitrogen and oxygen atoms in total. The molecule has 0 radical (unpaired) electrons. The van der Waals surface area contributed by atoms with Crippen LogP contribution in [0.15, 0.2) is 58.3 Å². The smallest absolute Gasteiger partial charge is 0.343 e. The molecule has 1 saturated heterocycles. The summed E-state index contributed by atoms with van der Waals surface area (Å²) in [6, 6.07) is 16.5. The number of rotatable bonds is 6. The van der Waals surface area contributed by atoms with Gasteiger partial charge < -0.3 is 14.8 Å². The van der Waals surface area contributed by atoms with Crippen LogP contribution in [0.25, 0.3) is 0 Å². The molecule has 1 aliphatic heterocycles. The topological polar surface area (TPSA) is 47.6 Å². The molecule has 0 aliphatic carbocycles. The van der Waals surface area contributed by atoms with Crippen LogP contribution in [0, 0.1) is 0 Å². The predicted molar refractivity (Wildman–Crippen MR) is 94.7 cm³/mol. The fraction of sp³-hybridized carbons (Fsp3) is 0.316. The Kier molecular flexibility index (Phi) is 5.77. The average molecular weight is 343 g/mol. The molecule has 2 aromatic rings. The van der Waals surface area contributed by atoms with Crippen LogP contribution in [0.5, 0.6) is 5.75 Å². The van der Waals surface area contributed by atoms with Crippen molar-refractivity contribution in [1.82, 2.24) is 5.32 Å². The van der Waals surface area contributed by atoms with Crippen LogP contribution < -0.4 is 10.1 Å². The minimum Gasteiger partial charge on any atom is -0.482 e. The molecule has 24 heavy (non-hydrogen) atoms. The van der Waals surface area contributed by atoms with Crippen molar-refractivity contribution < 1.29 is 14.3 Å². The van der Waals surface area contributed by atoms with Crippen molar-refractivity contribution in [3.8, 4) is 5.75 Å². The molecule has 1 N–H and O–H groups in total. The molecular weight excluding hydrogens is 322 g/mol. The number of benzene rings is 2. The Morgan fingerprint density at radius 2 is 2.04 bits per heavy atom. The molecule has 0 unspecified atom stereocenters. The first kappa shape index (κ1) is 16.9. The molecule has 1 aliphatic rings. The largest absolute Gasteiger partial charge is 0.482 e. The third kappa shape index (κ3) is 4.30. The summed E-state index contributed by atoms with van der Waals surface area (Å²) in [5.41, 5.74) is 1.15. The fourth-order valence-corrected chi connectivity index (χ4v) is 3.65. The Labute approximate surface area is 146 Å². The van der Waals surface area contributed by atoms with Gasteiger partial charge in [0.15, 0.2) is 6.61 Å². The zero-order valence-corrected chi connectivity index (χ0v) is 14.5.